The fourth-order valence-corrected chi connectivity index (χ4v) is 7.01. The van der Waals surface area contributed by atoms with Crippen LogP contribution < -0.4 is 5.73 Å². The second-order valence-electron chi connectivity index (χ2n) is 16.3. The van der Waals surface area contributed by atoms with Crippen LogP contribution in [0.3, 0.4) is 0 Å². The Morgan fingerprint density at radius 1 is 0.463 bits per heavy atom. The van der Waals surface area contributed by atoms with Gasteiger partial charge in [-0.3, -0.25) is 18.6 Å². The van der Waals surface area contributed by atoms with Crippen molar-refractivity contribution < 1.29 is 37.6 Å². The SMILES string of the molecule is CC/C=C\C/C=C\C/C=C\C/C=C\C/C=C\C/C=C\C/C=C\C/C=C\C/C=C\CCCCCC(=O)OC(COC(=O)CCCCCCC/C=C\C/C=C\CCCCC)COP(=O)(O)OCCN. The molecule has 0 aromatic carbocycles. The highest BCUT2D eigenvalue weighted by molar-refractivity contribution is 7.47. The van der Waals surface area contributed by atoms with Gasteiger partial charge in [-0.15, -0.1) is 0 Å². The Morgan fingerprint density at radius 2 is 0.821 bits per heavy atom. The fourth-order valence-electron chi connectivity index (χ4n) is 6.24. The molecule has 0 saturated heterocycles. The number of phosphoric acid groups is 1. The second-order valence-corrected chi connectivity index (χ2v) is 17.8. The molecule has 0 rings (SSSR count). The summed E-state index contributed by atoms with van der Waals surface area (Å²) in [5, 5.41) is 0. The van der Waals surface area contributed by atoms with Gasteiger partial charge in [0.05, 0.1) is 13.2 Å². The molecule has 378 valence electrons. The molecule has 2 unspecified atom stereocenters. The first-order valence-corrected chi connectivity index (χ1v) is 27.2. The first kappa shape index (κ1) is 63.1. The maximum absolute atomic E-state index is 12.6. The van der Waals surface area contributed by atoms with Crippen molar-refractivity contribution in [1.82, 2.24) is 0 Å². The van der Waals surface area contributed by atoms with Gasteiger partial charge in [-0.2, -0.15) is 0 Å². The van der Waals surface area contributed by atoms with Crippen LogP contribution in [0.25, 0.3) is 0 Å². The van der Waals surface area contributed by atoms with E-state index in [-0.39, 0.29) is 32.6 Å². The van der Waals surface area contributed by atoms with Crippen molar-refractivity contribution in [2.45, 2.75) is 187 Å². The monoisotopic (exact) mass is 950 g/mol. The van der Waals surface area contributed by atoms with Crippen LogP contribution in [0.1, 0.15) is 181 Å². The van der Waals surface area contributed by atoms with Crippen molar-refractivity contribution in [1.29, 1.82) is 0 Å². The van der Waals surface area contributed by atoms with E-state index in [1.165, 1.54) is 25.7 Å². The number of hydrogen-bond acceptors (Lipinski definition) is 8. The number of rotatable bonds is 46. The van der Waals surface area contributed by atoms with Crippen LogP contribution in [-0.2, 0) is 32.7 Å². The molecule has 0 aliphatic rings. The number of nitrogens with two attached hydrogens (primary N) is 1. The maximum atomic E-state index is 12.6. The summed E-state index contributed by atoms with van der Waals surface area (Å²) in [5.74, 6) is -0.896. The molecule has 0 amide bonds. The molecule has 67 heavy (non-hydrogen) atoms. The van der Waals surface area contributed by atoms with E-state index in [0.29, 0.717) is 12.8 Å². The Hall–Kier alpha value is -3.85. The van der Waals surface area contributed by atoms with Crippen LogP contribution in [0.5, 0.6) is 0 Å². The quantitative estimate of drug-likeness (QED) is 0.0265. The van der Waals surface area contributed by atoms with Crippen LogP contribution in [0.2, 0.25) is 0 Å². The van der Waals surface area contributed by atoms with Gasteiger partial charge >= 0.3 is 19.8 Å². The Bertz CT molecular complexity index is 1550. The molecule has 0 spiro atoms. The first-order valence-electron chi connectivity index (χ1n) is 25.7. The Balaban J connectivity index is 4.18. The number of unbranched alkanes of at least 4 members (excludes halogenated alkanes) is 11. The third-order valence-corrected chi connectivity index (χ3v) is 11.0. The van der Waals surface area contributed by atoms with E-state index in [0.717, 1.165) is 116 Å². The minimum atomic E-state index is -4.41. The summed E-state index contributed by atoms with van der Waals surface area (Å²) in [5.41, 5.74) is 5.36. The van der Waals surface area contributed by atoms with Gasteiger partial charge in [-0.25, -0.2) is 4.57 Å². The molecule has 0 aliphatic carbocycles. The van der Waals surface area contributed by atoms with Crippen molar-refractivity contribution in [3.8, 4) is 0 Å². The number of ether oxygens (including phenoxy) is 2. The van der Waals surface area contributed by atoms with Gasteiger partial charge in [0.1, 0.15) is 6.61 Å². The molecule has 0 radical (unpaired) electrons. The van der Waals surface area contributed by atoms with Crippen LogP contribution in [0.15, 0.2) is 134 Å². The summed E-state index contributed by atoms with van der Waals surface area (Å²) < 4.78 is 32.8. The van der Waals surface area contributed by atoms with E-state index in [4.69, 9.17) is 24.3 Å². The molecule has 10 heteroatoms. The lowest BCUT2D eigenvalue weighted by molar-refractivity contribution is -0.161. The molecule has 0 aromatic heterocycles. The Morgan fingerprint density at radius 3 is 1.24 bits per heavy atom. The average Bonchev–Trinajstić information content (AvgIpc) is 3.32. The molecular formula is C57H92NO8P. The van der Waals surface area contributed by atoms with Crippen molar-refractivity contribution in [3.05, 3.63) is 134 Å². The van der Waals surface area contributed by atoms with E-state index in [1.54, 1.807) is 0 Å². The van der Waals surface area contributed by atoms with E-state index in [9.17, 15) is 19.0 Å². The molecule has 0 bridgehead atoms. The zero-order valence-corrected chi connectivity index (χ0v) is 42.7. The van der Waals surface area contributed by atoms with E-state index in [2.05, 4.69) is 148 Å². The zero-order valence-electron chi connectivity index (χ0n) is 41.8. The highest BCUT2D eigenvalue weighted by Gasteiger charge is 2.26. The molecule has 0 fully saturated rings. The minimum Gasteiger partial charge on any atom is -0.462 e. The number of carbonyl (C=O) groups is 2. The zero-order chi connectivity index (χ0) is 48.8. The molecular weight excluding hydrogens is 858 g/mol. The average molecular weight is 950 g/mol. The van der Waals surface area contributed by atoms with Gasteiger partial charge in [-0.1, -0.05) is 186 Å². The molecule has 0 aliphatic heterocycles. The summed E-state index contributed by atoms with van der Waals surface area (Å²) in [6.45, 7) is 3.51. The summed E-state index contributed by atoms with van der Waals surface area (Å²) >= 11 is 0. The predicted octanol–water partition coefficient (Wildman–Crippen LogP) is 15.8. The van der Waals surface area contributed by atoms with E-state index in [1.807, 2.05) is 0 Å². The van der Waals surface area contributed by atoms with Gasteiger partial charge in [0.15, 0.2) is 6.10 Å². The number of allylic oxidation sites excluding steroid dienone is 22. The standard InChI is InChI=1S/C57H92NO8P/c1-3-5-7-9-11-13-15-17-19-20-21-22-23-24-25-26-27-28-29-30-31-32-33-34-36-38-40-42-44-46-48-50-57(60)66-55(54-65-67(61,62)64-52-51-58)53-63-56(59)49-47-45-43-41-39-37-35-18-16-14-12-10-8-6-4-2/h5,7,11-14,17-19,21-22,24-25,27-28,30-31,33-35,38,40,55H,3-4,6,8-10,15-16,20,23,26,29,32,36-37,39,41-54,58H2,1-2H3,(H,61,62)/b7-5-,13-11-,14-12-,19-17-,22-21-,25-24-,28-27-,31-30-,34-33-,35-18-,40-38-. The van der Waals surface area contributed by atoms with Gasteiger partial charge < -0.3 is 20.1 Å². The lowest BCUT2D eigenvalue weighted by Gasteiger charge is -2.19. The lowest BCUT2D eigenvalue weighted by atomic mass is 10.1. The second kappa shape index (κ2) is 51.5. The topological polar surface area (TPSA) is 134 Å². The van der Waals surface area contributed by atoms with E-state index >= 15 is 0 Å². The van der Waals surface area contributed by atoms with Gasteiger partial charge in [-0.05, 0) is 116 Å². The molecule has 0 saturated carbocycles. The van der Waals surface area contributed by atoms with Crippen molar-refractivity contribution in [3.63, 3.8) is 0 Å². The van der Waals surface area contributed by atoms with Crippen molar-refractivity contribution >= 4 is 19.8 Å². The van der Waals surface area contributed by atoms with Gasteiger partial charge in [0, 0.05) is 19.4 Å². The first-order chi connectivity index (χ1) is 32.8. The molecule has 2 atom stereocenters. The van der Waals surface area contributed by atoms with Crippen LogP contribution in [0, 0.1) is 0 Å². The summed E-state index contributed by atoms with van der Waals surface area (Å²) in [4.78, 5) is 35.0. The number of carbonyl (C=O) groups excluding carboxylic acids is 2. The van der Waals surface area contributed by atoms with Crippen molar-refractivity contribution in [2.75, 3.05) is 26.4 Å². The summed E-state index contributed by atoms with van der Waals surface area (Å²) in [7, 11) is -4.41. The highest BCUT2D eigenvalue weighted by atomic mass is 31.2. The third kappa shape index (κ3) is 51.4. The van der Waals surface area contributed by atoms with Crippen LogP contribution >= 0.6 is 7.82 Å². The van der Waals surface area contributed by atoms with Gasteiger partial charge in [0.25, 0.3) is 0 Å². The smallest absolute Gasteiger partial charge is 0.462 e. The molecule has 0 aromatic rings. The maximum Gasteiger partial charge on any atom is 0.472 e. The summed E-state index contributed by atoms with van der Waals surface area (Å²) in [6.07, 6.45) is 72.1. The number of hydrogen-bond donors (Lipinski definition) is 2. The van der Waals surface area contributed by atoms with E-state index < -0.39 is 32.5 Å². The molecule has 3 N–H and O–H groups in total. The number of esters is 2. The van der Waals surface area contributed by atoms with Crippen LogP contribution in [0.4, 0.5) is 0 Å². The third-order valence-electron chi connectivity index (χ3n) is 10.0. The molecule has 9 nitrogen and oxygen atoms in total. The van der Waals surface area contributed by atoms with Gasteiger partial charge in [0.2, 0.25) is 0 Å². The largest absolute Gasteiger partial charge is 0.472 e. The highest BCUT2D eigenvalue weighted by Crippen LogP contribution is 2.43. The lowest BCUT2D eigenvalue weighted by Crippen LogP contribution is -2.29. The Labute approximate surface area is 408 Å². The van der Waals surface area contributed by atoms with Crippen molar-refractivity contribution in [2.24, 2.45) is 5.73 Å². The Kier molecular flexibility index (Phi) is 48.6. The fraction of sp³-hybridized carbons (Fsp3) is 0.579. The minimum absolute atomic E-state index is 0.0378. The van der Waals surface area contributed by atoms with Crippen LogP contribution in [-0.4, -0.2) is 49.3 Å². The summed E-state index contributed by atoms with van der Waals surface area (Å²) in [6, 6.07) is 0. The molecule has 0 heterocycles. The predicted molar refractivity (Wildman–Crippen MR) is 284 cm³/mol. The number of phosphoric ester groups is 1. The normalized spacial score (nSPS) is 14.3.